The second-order valence-electron chi connectivity index (χ2n) is 32.9. The summed E-state index contributed by atoms with van der Waals surface area (Å²) in [5, 5.41) is 26.4. The molecule has 10 nitrogen and oxygen atoms in total. The van der Waals surface area contributed by atoms with Crippen molar-refractivity contribution in [2.75, 3.05) is 0 Å². The Balaban J connectivity index is 0.000000123. The molecule has 0 fully saturated rings. The standard InChI is InChI=1S/C52H38N4.C28H17ClN4.C24H23BO2/c1-51(2)42-18-9-7-15-36(42)40-28-45-41(29-44(40)51)37-21-20-33(26-43(37)52(45,3)4)47-30-48(39-23-25-53-46-19-10-8-16-38(39)46)56-50(55-47)49-27-32(22-24-54-49)35-17-11-13-31-12-5-6-14-34(31)35;29-27-17-25(23-13-15-30-24-11-4-3-9-22(23)24)32-28(33-27)26-16-19(12-14-31-26)21-10-5-7-18-6-1-2-8-20(18)21;1-23(2)19-8-6-5-7-15(19)17-12-22-18(13-21(17)23)16-10-9-14(25(26)27)11-20(16)24(22,3)4/h5-30H,1-4H3;1-17H;5-13,26-27H,1-4H3. The van der Waals surface area contributed by atoms with Gasteiger partial charge in [-0.05, 0) is 223 Å². The molecule has 18 aromatic rings. The maximum absolute atomic E-state index is 9.61. The molecule has 4 aliphatic carbocycles. The highest BCUT2D eigenvalue weighted by molar-refractivity contribution is 6.58. The summed E-state index contributed by atoms with van der Waals surface area (Å²) >= 11 is 6.44. The molecule has 12 aromatic carbocycles. The smallest absolute Gasteiger partial charge is 0.423 e. The SMILES string of the molecule is CC1(C)c2ccccc2-c2cc3c(cc21)-c1ccc(-c2cc(-c4ccnc5ccccc45)nc(-c4cc(-c5cccc6ccccc56)ccn4)n2)cc1C3(C)C.CC1(C)c2ccccc2-c2cc3c(cc21)-c1ccc(B(O)O)cc1C3(C)C.Clc1cc(-c2ccnc3ccccc23)nc(-c2cc(-c3cccc4ccccc34)ccn2)n1. The van der Waals surface area contributed by atoms with E-state index in [-0.39, 0.29) is 21.7 Å². The largest absolute Gasteiger partial charge is 0.488 e. The van der Waals surface area contributed by atoms with Gasteiger partial charge in [0, 0.05) is 80.0 Å². The number of nitrogens with zero attached hydrogens (tertiary/aromatic N) is 8. The van der Waals surface area contributed by atoms with E-state index in [1.807, 2.05) is 91.3 Å². The van der Waals surface area contributed by atoms with E-state index in [0.29, 0.717) is 28.0 Å². The summed E-state index contributed by atoms with van der Waals surface area (Å²) in [5.41, 5.74) is 34.4. The van der Waals surface area contributed by atoms with E-state index in [0.717, 1.165) is 89.1 Å². The molecule has 116 heavy (non-hydrogen) atoms. The monoisotopic (exact) mass is 1520 g/mol. The summed E-state index contributed by atoms with van der Waals surface area (Å²) in [6.07, 6.45) is 7.31. The number of halogens is 1. The van der Waals surface area contributed by atoms with Gasteiger partial charge in [-0.1, -0.05) is 267 Å². The van der Waals surface area contributed by atoms with E-state index < -0.39 is 7.12 Å². The van der Waals surface area contributed by atoms with Crippen LogP contribution in [0.5, 0.6) is 0 Å². The molecular formula is C104H78BClN8O2. The lowest BCUT2D eigenvalue weighted by Crippen LogP contribution is -2.31. The highest BCUT2D eigenvalue weighted by atomic mass is 35.5. The number of aromatic nitrogens is 8. The van der Waals surface area contributed by atoms with Crippen molar-refractivity contribution >= 4 is 67.5 Å². The van der Waals surface area contributed by atoms with Crippen LogP contribution in [0.25, 0.3) is 167 Å². The second-order valence-corrected chi connectivity index (χ2v) is 33.3. The van der Waals surface area contributed by atoms with Crippen LogP contribution in [0, 0.1) is 0 Å². The average molecular weight is 1520 g/mol. The number of fused-ring (bicyclic) bond motifs is 16. The Morgan fingerprint density at radius 2 is 0.621 bits per heavy atom. The van der Waals surface area contributed by atoms with Crippen LogP contribution in [-0.2, 0) is 21.7 Å². The van der Waals surface area contributed by atoms with Crippen LogP contribution in [0.4, 0.5) is 0 Å². The topological polar surface area (TPSA) is 144 Å². The van der Waals surface area contributed by atoms with E-state index >= 15 is 0 Å². The number of para-hydroxylation sites is 2. The molecule has 0 spiro atoms. The second kappa shape index (κ2) is 27.5. The third kappa shape index (κ3) is 11.8. The molecule has 22 rings (SSSR count). The van der Waals surface area contributed by atoms with Crippen molar-refractivity contribution in [3.8, 4) is 124 Å². The zero-order valence-corrected chi connectivity index (χ0v) is 66.2. The molecule has 12 heteroatoms. The van der Waals surface area contributed by atoms with E-state index in [4.69, 9.17) is 31.5 Å². The van der Waals surface area contributed by atoms with Crippen LogP contribution >= 0.6 is 11.6 Å². The van der Waals surface area contributed by atoms with Gasteiger partial charge in [0.1, 0.15) is 16.5 Å². The Morgan fingerprint density at radius 3 is 1.12 bits per heavy atom. The van der Waals surface area contributed by atoms with Gasteiger partial charge in [-0.3, -0.25) is 19.9 Å². The van der Waals surface area contributed by atoms with Crippen molar-refractivity contribution in [1.82, 2.24) is 39.9 Å². The first-order valence-corrected chi connectivity index (χ1v) is 39.9. The maximum atomic E-state index is 9.61. The normalized spacial score (nSPS) is 14.1. The van der Waals surface area contributed by atoms with Crippen LogP contribution in [0.2, 0.25) is 5.15 Å². The number of benzene rings is 12. The zero-order chi connectivity index (χ0) is 79.1. The Labute approximate surface area is 679 Å². The third-order valence-electron chi connectivity index (χ3n) is 24.8. The highest BCUT2D eigenvalue weighted by Gasteiger charge is 2.44. The Morgan fingerprint density at radius 1 is 0.250 bits per heavy atom. The molecule has 6 aromatic heterocycles. The fourth-order valence-corrected chi connectivity index (χ4v) is 18.9. The van der Waals surface area contributed by atoms with Crippen LogP contribution in [-0.4, -0.2) is 57.0 Å². The van der Waals surface area contributed by atoms with Crippen LogP contribution in [0.3, 0.4) is 0 Å². The van der Waals surface area contributed by atoms with E-state index in [1.54, 1.807) is 18.5 Å². The quantitative estimate of drug-likeness (QED) is 0.111. The number of pyridine rings is 4. The predicted molar refractivity (Wildman–Crippen MR) is 475 cm³/mol. The lowest BCUT2D eigenvalue weighted by molar-refractivity contribution is 0.425. The van der Waals surface area contributed by atoms with Crippen LogP contribution in [0.1, 0.15) is 99.9 Å². The van der Waals surface area contributed by atoms with Crippen molar-refractivity contribution < 1.29 is 10.0 Å². The van der Waals surface area contributed by atoms with Gasteiger partial charge >= 0.3 is 7.12 Å². The first-order chi connectivity index (χ1) is 56.2. The summed E-state index contributed by atoms with van der Waals surface area (Å²) in [7, 11) is -1.44. The summed E-state index contributed by atoms with van der Waals surface area (Å²) in [5.74, 6) is 1.07. The summed E-state index contributed by atoms with van der Waals surface area (Å²) in [6.45, 7) is 18.5. The predicted octanol–water partition coefficient (Wildman–Crippen LogP) is 24.1. The van der Waals surface area contributed by atoms with Gasteiger partial charge in [0.25, 0.3) is 0 Å². The molecule has 2 N–H and O–H groups in total. The Kier molecular flexibility index (Phi) is 17.0. The first-order valence-electron chi connectivity index (χ1n) is 39.5. The van der Waals surface area contributed by atoms with Crippen molar-refractivity contribution in [1.29, 1.82) is 0 Å². The summed E-state index contributed by atoms with van der Waals surface area (Å²) in [4.78, 5) is 38.4. The fourth-order valence-electron chi connectivity index (χ4n) is 18.7. The molecule has 0 amide bonds. The van der Waals surface area contributed by atoms with Gasteiger partial charge < -0.3 is 10.0 Å². The summed E-state index contributed by atoms with van der Waals surface area (Å²) in [6, 6.07) is 102. The third-order valence-corrected chi connectivity index (χ3v) is 25.0. The minimum atomic E-state index is -1.44. The van der Waals surface area contributed by atoms with Crippen molar-refractivity contribution in [2.45, 2.75) is 77.0 Å². The van der Waals surface area contributed by atoms with Crippen molar-refractivity contribution in [2.24, 2.45) is 0 Å². The molecule has 0 aliphatic heterocycles. The van der Waals surface area contributed by atoms with Gasteiger partial charge in [-0.2, -0.15) is 0 Å². The van der Waals surface area contributed by atoms with Gasteiger partial charge in [-0.25, -0.2) is 19.9 Å². The van der Waals surface area contributed by atoms with E-state index in [2.05, 4.69) is 282 Å². The fraction of sp³-hybridized carbons (Fsp3) is 0.115. The van der Waals surface area contributed by atoms with E-state index in [9.17, 15) is 10.0 Å². The number of rotatable bonds is 8. The molecule has 0 atom stereocenters. The molecule has 0 unspecified atom stereocenters. The molecule has 0 radical (unpaired) electrons. The van der Waals surface area contributed by atoms with E-state index in [1.165, 1.54) is 105 Å². The molecule has 4 aliphatic rings. The van der Waals surface area contributed by atoms with Gasteiger partial charge in [0.05, 0.1) is 28.1 Å². The Bertz CT molecular complexity index is 7110. The Hall–Kier alpha value is -13.3. The van der Waals surface area contributed by atoms with Gasteiger partial charge in [0.2, 0.25) is 0 Å². The highest BCUT2D eigenvalue weighted by Crippen LogP contribution is 2.59. The molecule has 0 saturated carbocycles. The first kappa shape index (κ1) is 71.7. The molecule has 6 heterocycles. The average Bonchev–Trinajstić information content (AvgIpc) is 1.55. The lowest BCUT2D eigenvalue weighted by atomic mass is 9.75. The zero-order valence-electron chi connectivity index (χ0n) is 65.4. The number of hydrogen-bond acceptors (Lipinski definition) is 10. The molecule has 0 saturated heterocycles. The number of hydrogen-bond donors (Lipinski definition) is 2. The summed E-state index contributed by atoms with van der Waals surface area (Å²) < 4.78 is 0. The van der Waals surface area contributed by atoms with Gasteiger partial charge in [0.15, 0.2) is 11.6 Å². The molecular weight excluding hydrogens is 1440 g/mol. The molecule has 556 valence electrons. The lowest BCUT2D eigenvalue weighted by Gasteiger charge is -2.24. The van der Waals surface area contributed by atoms with Crippen LogP contribution < -0.4 is 5.46 Å². The van der Waals surface area contributed by atoms with Crippen molar-refractivity contribution in [3.05, 3.63) is 366 Å². The molecule has 0 bridgehead atoms. The van der Waals surface area contributed by atoms with Crippen molar-refractivity contribution in [3.63, 3.8) is 0 Å². The minimum absolute atomic E-state index is 0.0188. The van der Waals surface area contributed by atoms with Crippen LogP contribution in [0.15, 0.2) is 316 Å². The van der Waals surface area contributed by atoms with Gasteiger partial charge in [-0.15, -0.1) is 0 Å². The minimum Gasteiger partial charge on any atom is -0.423 e. The maximum Gasteiger partial charge on any atom is 0.488 e.